The first-order valence-corrected chi connectivity index (χ1v) is 6.14. The second kappa shape index (κ2) is 12.1. The van der Waals surface area contributed by atoms with Gasteiger partial charge in [-0.05, 0) is 13.8 Å². The van der Waals surface area contributed by atoms with Crippen molar-refractivity contribution in [2.75, 3.05) is 0 Å². The van der Waals surface area contributed by atoms with Gasteiger partial charge in [0.2, 0.25) is 0 Å². The minimum atomic E-state index is 0.526. The first kappa shape index (κ1) is 17.4. The molecule has 0 aliphatic carbocycles. The summed E-state index contributed by atoms with van der Waals surface area (Å²) in [6.45, 7) is 12.8. The van der Waals surface area contributed by atoms with Crippen LogP contribution >= 0.6 is 0 Å². The van der Waals surface area contributed by atoms with Gasteiger partial charge in [-0.1, -0.05) is 40.5 Å². The fraction of sp³-hybridized carbons (Fsp3) is 0.692. The Morgan fingerprint density at radius 3 is 1.56 bits per heavy atom. The molecule has 0 spiro atoms. The second-order valence-electron chi connectivity index (χ2n) is 3.23. The molecule has 0 unspecified atom stereocenters. The minimum Gasteiger partial charge on any atom is -0.326 e. The molecule has 0 atom stereocenters. The summed E-state index contributed by atoms with van der Waals surface area (Å²) in [7, 11) is 0. The third-order valence-electron chi connectivity index (χ3n) is 2.08. The summed E-state index contributed by atoms with van der Waals surface area (Å²) in [4.78, 5) is 8.04. The molecule has 94 valence electrons. The highest BCUT2D eigenvalue weighted by atomic mass is 14.8. The van der Waals surface area contributed by atoms with E-state index in [4.69, 9.17) is 5.73 Å². The molecule has 0 amide bonds. The number of nitrogens with zero attached hydrogens (tertiary/aromatic N) is 2. The number of hydrogen-bond donors (Lipinski definition) is 1. The van der Waals surface area contributed by atoms with Crippen LogP contribution in [-0.4, -0.2) is 9.97 Å². The third-order valence-corrected chi connectivity index (χ3v) is 2.08. The second-order valence-corrected chi connectivity index (χ2v) is 3.23. The van der Waals surface area contributed by atoms with E-state index in [1.165, 1.54) is 12.8 Å². The SMILES string of the molecule is CC.CCCC.Cc1ncnc(C)c1CN. The predicted octanol–water partition coefficient (Wildman–Crippen LogP) is 3.38. The number of nitrogens with two attached hydrogens (primary N) is 1. The molecule has 1 heterocycles. The van der Waals surface area contributed by atoms with Crippen LogP contribution in [0.25, 0.3) is 0 Å². The van der Waals surface area contributed by atoms with Crippen LogP contribution in [0.3, 0.4) is 0 Å². The standard InChI is InChI=1S/C7H11N3.C4H10.C2H6/c1-5-7(3-8)6(2)10-4-9-5;1-3-4-2;1-2/h4H,3,8H2,1-2H3;3-4H2,1-2H3;1-2H3. The molecule has 2 N–H and O–H groups in total. The first-order valence-electron chi connectivity index (χ1n) is 6.14. The fourth-order valence-electron chi connectivity index (χ4n) is 0.915. The molecule has 0 aliphatic rings. The first-order chi connectivity index (χ1) is 7.67. The minimum absolute atomic E-state index is 0.526. The van der Waals surface area contributed by atoms with E-state index in [1.807, 2.05) is 27.7 Å². The van der Waals surface area contributed by atoms with Crippen LogP contribution in [0.1, 0.15) is 57.5 Å². The largest absolute Gasteiger partial charge is 0.326 e. The molecule has 0 fully saturated rings. The highest BCUT2D eigenvalue weighted by Crippen LogP contribution is 2.05. The molecule has 0 bridgehead atoms. The van der Waals surface area contributed by atoms with Crippen molar-refractivity contribution in [1.82, 2.24) is 9.97 Å². The lowest BCUT2D eigenvalue weighted by molar-refractivity contribution is 0.886. The van der Waals surface area contributed by atoms with Crippen LogP contribution in [0.4, 0.5) is 0 Å². The van der Waals surface area contributed by atoms with Crippen molar-refractivity contribution in [2.45, 2.75) is 60.9 Å². The molecule has 16 heavy (non-hydrogen) atoms. The molecule has 0 saturated carbocycles. The zero-order chi connectivity index (χ0) is 13.0. The summed E-state index contributed by atoms with van der Waals surface area (Å²) in [5, 5.41) is 0. The van der Waals surface area contributed by atoms with E-state index in [-0.39, 0.29) is 0 Å². The van der Waals surface area contributed by atoms with Crippen molar-refractivity contribution in [3.05, 3.63) is 23.3 Å². The Morgan fingerprint density at radius 2 is 1.38 bits per heavy atom. The van der Waals surface area contributed by atoms with E-state index < -0.39 is 0 Å². The van der Waals surface area contributed by atoms with Gasteiger partial charge in [0.15, 0.2) is 0 Å². The van der Waals surface area contributed by atoms with E-state index in [9.17, 15) is 0 Å². The highest BCUT2D eigenvalue weighted by Gasteiger charge is 1.99. The molecule has 1 aromatic heterocycles. The molecular formula is C13H27N3. The van der Waals surface area contributed by atoms with Crippen molar-refractivity contribution >= 4 is 0 Å². The summed E-state index contributed by atoms with van der Waals surface area (Å²) in [5.41, 5.74) is 8.49. The van der Waals surface area contributed by atoms with Gasteiger partial charge in [0.1, 0.15) is 6.33 Å². The lowest BCUT2D eigenvalue weighted by Crippen LogP contribution is -2.04. The molecular weight excluding hydrogens is 198 g/mol. The van der Waals surface area contributed by atoms with E-state index in [2.05, 4.69) is 23.8 Å². The summed E-state index contributed by atoms with van der Waals surface area (Å²) >= 11 is 0. The Bertz CT molecular complexity index is 237. The number of unbranched alkanes of at least 4 members (excludes halogenated alkanes) is 1. The van der Waals surface area contributed by atoms with Crippen molar-refractivity contribution in [3.63, 3.8) is 0 Å². The maximum atomic E-state index is 5.47. The third kappa shape index (κ3) is 7.35. The maximum absolute atomic E-state index is 5.47. The average Bonchev–Trinajstić information content (AvgIpc) is 2.32. The number of aromatic nitrogens is 2. The highest BCUT2D eigenvalue weighted by molar-refractivity contribution is 5.21. The normalized spacial score (nSPS) is 8.44. The summed E-state index contributed by atoms with van der Waals surface area (Å²) in [6.07, 6.45) is 4.20. The van der Waals surface area contributed by atoms with Crippen LogP contribution in [0, 0.1) is 13.8 Å². The zero-order valence-electron chi connectivity index (χ0n) is 11.7. The van der Waals surface area contributed by atoms with Gasteiger partial charge in [-0.3, -0.25) is 0 Å². The van der Waals surface area contributed by atoms with E-state index in [0.29, 0.717) is 6.54 Å². The lowest BCUT2D eigenvalue weighted by atomic mass is 10.2. The Morgan fingerprint density at radius 1 is 1.00 bits per heavy atom. The summed E-state index contributed by atoms with van der Waals surface area (Å²) in [5.74, 6) is 0. The number of rotatable bonds is 2. The Balaban J connectivity index is 0. The fourth-order valence-corrected chi connectivity index (χ4v) is 0.915. The smallest absolute Gasteiger partial charge is 0.115 e. The Labute approximate surface area is 101 Å². The molecule has 3 nitrogen and oxygen atoms in total. The predicted molar refractivity (Wildman–Crippen MR) is 71.3 cm³/mol. The van der Waals surface area contributed by atoms with Crippen LogP contribution in [-0.2, 0) is 6.54 Å². The quantitative estimate of drug-likeness (QED) is 0.839. The van der Waals surface area contributed by atoms with Gasteiger partial charge in [0.05, 0.1) is 0 Å². The van der Waals surface area contributed by atoms with Gasteiger partial charge < -0.3 is 5.73 Å². The van der Waals surface area contributed by atoms with Crippen LogP contribution in [0.15, 0.2) is 6.33 Å². The van der Waals surface area contributed by atoms with Gasteiger partial charge >= 0.3 is 0 Å². The van der Waals surface area contributed by atoms with Gasteiger partial charge in [-0.15, -0.1) is 0 Å². The van der Waals surface area contributed by atoms with Crippen LogP contribution in [0.5, 0.6) is 0 Å². The topological polar surface area (TPSA) is 51.8 Å². The molecule has 0 saturated heterocycles. The van der Waals surface area contributed by atoms with Gasteiger partial charge in [-0.25, -0.2) is 9.97 Å². The monoisotopic (exact) mass is 225 g/mol. The Hall–Kier alpha value is -0.960. The molecule has 0 radical (unpaired) electrons. The number of hydrogen-bond acceptors (Lipinski definition) is 3. The van der Waals surface area contributed by atoms with Gasteiger partial charge in [0.25, 0.3) is 0 Å². The van der Waals surface area contributed by atoms with E-state index in [0.717, 1.165) is 17.0 Å². The summed E-state index contributed by atoms with van der Waals surface area (Å²) in [6, 6.07) is 0. The maximum Gasteiger partial charge on any atom is 0.115 e. The zero-order valence-corrected chi connectivity index (χ0v) is 11.7. The Kier molecular flexibility index (Phi) is 13.2. The number of aryl methyl sites for hydroxylation is 2. The van der Waals surface area contributed by atoms with Gasteiger partial charge in [-0.2, -0.15) is 0 Å². The molecule has 1 aromatic rings. The van der Waals surface area contributed by atoms with Crippen LogP contribution in [0.2, 0.25) is 0 Å². The average molecular weight is 225 g/mol. The van der Waals surface area contributed by atoms with Crippen molar-refractivity contribution in [1.29, 1.82) is 0 Å². The lowest BCUT2D eigenvalue weighted by Gasteiger charge is -2.02. The molecule has 0 aliphatic heterocycles. The van der Waals surface area contributed by atoms with Crippen molar-refractivity contribution in [2.24, 2.45) is 5.73 Å². The van der Waals surface area contributed by atoms with Crippen molar-refractivity contribution < 1.29 is 0 Å². The molecule has 3 heteroatoms. The van der Waals surface area contributed by atoms with Crippen LogP contribution < -0.4 is 5.73 Å². The van der Waals surface area contributed by atoms with Gasteiger partial charge in [0, 0.05) is 23.5 Å². The van der Waals surface area contributed by atoms with Crippen molar-refractivity contribution in [3.8, 4) is 0 Å². The molecule has 1 rings (SSSR count). The molecule has 0 aromatic carbocycles. The van der Waals surface area contributed by atoms with E-state index >= 15 is 0 Å². The van der Waals surface area contributed by atoms with E-state index in [1.54, 1.807) is 6.33 Å². The summed E-state index contributed by atoms with van der Waals surface area (Å²) < 4.78 is 0.